The zero-order chi connectivity index (χ0) is 13.7. The minimum atomic E-state index is 0.195. The lowest BCUT2D eigenvalue weighted by atomic mass is 10.1. The molecule has 2 heterocycles. The smallest absolute Gasteiger partial charge is 0.225 e. The first-order chi connectivity index (χ1) is 9.19. The average molecular weight is 264 g/mol. The number of nitrogens with two attached hydrogens (primary N) is 1. The van der Waals surface area contributed by atoms with Gasteiger partial charge in [-0.3, -0.25) is 0 Å². The molecule has 0 radical (unpaired) electrons. The van der Waals surface area contributed by atoms with E-state index in [9.17, 15) is 0 Å². The molecule has 0 saturated carbocycles. The second kappa shape index (κ2) is 6.82. The molecule has 1 saturated heterocycles. The molecule has 1 aliphatic heterocycles. The van der Waals surface area contributed by atoms with Gasteiger partial charge in [-0.05, 0) is 31.7 Å². The van der Waals surface area contributed by atoms with E-state index in [1.54, 1.807) is 0 Å². The number of ether oxygens (including phenoxy) is 1. The van der Waals surface area contributed by atoms with Crippen molar-refractivity contribution in [3.05, 3.63) is 18.0 Å². The molecule has 1 aromatic rings. The zero-order valence-corrected chi connectivity index (χ0v) is 11.9. The predicted octanol–water partition coefficient (Wildman–Crippen LogP) is 1.37. The van der Waals surface area contributed by atoms with E-state index >= 15 is 0 Å². The van der Waals surface area contributed by atoms with Gasteiger partial charge in [-0.2, -0.15) is 0 Å². The van der Waals surface area contributed by atoms with Crippen molar-refractivity contribution < 1.29 is 4.74 Å². The molecule has 0 aliphatic carbocycles. The lowest BCUT2D eigenvalue weighted by Gasteiger charge is -2.22. The molecular formula is C14H24N4O. The van der Waals surface area contributed by atoms with Crippen LogP contribution in [0.2, 0.25) is 0 Å². The molecule has 1 aliphatic rings. The van der Waals surface area contributed by atoms with Crippen LogP contribution in [0.5, 0.6) is 0 Å². The Balaban J connectivity index is 2.00. The lowest BCUT2D eigenvalue weighted by Crippen LogP contribution is -2.31. The maximum atomic E-state index is 5.94. The fourth-order valence-electron chi connectivity index (χ4n) is 2.24. The molecule has 2 rings (SSSR count). The second-order valence-corrected chi connectivity index (χ2v) is 5.24. The Bertz CT molecular complexity index is 382. The van der Waals surface area contributed by atoms with Gasteiger partial charge in [0.25, 0.3) is 0 Å². The maximum absolute atomic E-state index is 5.94. The van der Waals surface area contributed by atoms with Gasteiger partial charge in [-0.25, -0.2) is 9.97 Å². The Morgan fingerprint density at radius 3 is 2.89 bits per heavy atom. The van der Waals surface area contributed by atoms with Crippen LogP contribution in [-0.4, -0.2) is 41.8 Å². The number of hydrogen-bond acceptors (Lipinski definition) is 5. The number of rotatable bonds is 4. The number of anilines is 1. The normalized spacial score (nSPS) is 22.1. The van der Waals surface area contributed by atoms with Gasteiger partial charge in [-0.15, -0.1) is 0 Å². The van der Waals surface area contributed by atoms with Gasteiger partial charge < -0.3 is 15.4 Å². The van der Waals surface area contributed by atoms with E-state index in [0.717, 1.165) is 50.5 Å². The van der Waals surface area contributed by atoms with E-state index in [1.165, 1.54) is 0 Å². The lowest BCUT2D eigenvalue weighted by molar-refractivity contribution is 0.0820. The van der Waals surface area contributed by atoms with E-state index in [1.807, 2.05) is 12.4 Å². The molecule has 1 aromatic heterocycles. The van der Waals surface area contributed by atoms with Gasteiger partial charge in [0.15, 0.2) is 0 Å². The van der Waals surface area contributed by atoms with E-state index in [4.69, 9.17) is 10.5 Å². The second-order valence-electron chi connectivity index (χ2n) is 5.24. The van der Waals surface area contributed by atoms with E-state index in [-0.39, 0.29) is 12.1 Å². The van der Waals surface area contributed by atoms with Crippen LogP contribution < -0.4 is 10.6 Å². The Labute approximate surface area is 115 Å². The van der Waals surface area contributed by atoms with E-state index in [0.29, 0.717) is 0 Å². The van der Waals surface area contributed by atoms with Crippen LogP contribution in [0, 0.1) is 0 Å². The summed E-state index contributed by atoms with van der Waals surface area (Å²) in [7, 11) is 0. The molecule has 19 heavy (non-hydrogen) atoms. The molecule has 2 N–H and O–H groups in total. The van der Waals surface area contributed by atoms with Crippen LogP contribution in [0.15, 0.2) is 12.4 Å². The van der Waals surface area contributed by atoms with Crippen molar-refractivity contribution in [3.63, 3.8) is 0 Å². The van der Waals surface area contributed by atoms with Crippen LogP contribution in [0.3, 0.4) is 0 Å². The topological polar surface area (TPSA) is 64.3 Å². The number of hydrogen-bond donors (Lipinski definition) is 1. The van der Waals surface area contributed by atoms with Crippen LogP contribution in [0.4, 0.5) is 5.95 Å². The van der Waals surface area contributed by atoms with Gasteiger partial charge in [0.05, 0.1) is 6.10 Å². The molecule has 0 amide bonds. The molecular weight excluding hydrogens is 240 g/mol. The van der Waals surface area contributed by atoms with Crippen molar-refractivity contribution in [1.82, 2.24) is 9.97 Å². The van der Waals surface area contributed by atoms with Gasteiger partial charge in [0, 0.05) is 38.1 Å². The largest absolute Gasteiger partial charge is 0.377 e. The van der Waals surface area contributed by atoms with E-state index in [2.05, 4.69) is 28.7 Å². The molecule has 1 fully saturated rings. The van der Waals surface area contributed by atoms with E-state index < -0.39 is 0 Å². The summed E-state index contributed by atoms with van der Waals surface area (Å²) < 4.78 is 5.63. The molecule has 2 atom stereocenters. The average Bonchev–Trinajstić information content (AvgIpc) is 2.64. The van der Waals surface area contributed by atoms with Crippen molar-refractivity contribution in [3.8, 4) is 0 Å². The van der Waals surface area contributed by atoms with Crippen LogP contribution in [-0.2, 0) is 11.2 Å². The van der Waals surface area contributed by atoms with Gasteiger partial charge in [0.2, 0.25) is 5.95 Å². The molecule has 0 spiro atoms. The summed E-state index contributed by atoms with van der Waals surface area (Å²) in [5.74, 6) is 0.797. The Hall–Kier alpha value is -1.20. The molecule has 5 nitrogen and oxygen atoms in total. The Morgan fingerprint density at radius 1 is 1.47 bits per heavy atom. The third kappa shape index (κ3) is 4.14. The fraction of sp³-hybridized carbons (Fsp3) is 0.714. The summed E-state index contributed by atoms with van der Waals surface area (Å²) in [6.07, 6.45) is 6.87. The highest BCUT2D eigenvalue weighted by molar-refractivity contribution is 5.30. The van der Waals surface area contributed by atoms with Crippen molar-refractivity contribution in [2.24, 2.45) is 5.73 Å². The van der Waals surface area contributed by atoms with Crippen molar-refractivity contribution in [1.29, 1.82) is 0 Å². The Morgan fingerprint density at radius 2 is 2.21 bits per heavy atom. The number of nitrogens with zero attached hydrogens (tertiary/aromatic N) is 3. The van der Waals surface area contributed by atoms with Gasteiger partial charge >= 0.3 is 0 Å². The summed E-state index contributed by atoms with van der Waals surface area (Å²) in [6.45, 7) is 6.82. The summed E-state index contributed by atoms with van der Waals surface area (Å²) in [6, 6.07) is 0.195. The van der Waals surface area contributed by atoms with Gasteiger partial charge in [-0.1, -0.05) is 6.92 Å². The monoisotopic (exact) mass is 264 g/mol. The molecule has 0 aromatic carbocycles. The number of aromatic nitrogens is 2. The maximum Gasteiger partial charge on any atom is 0.225 e. The first-order valence-corrected chi connectivity index (χ1v) is 7.12. The summed E-state index contributed by atoms with van der Waals surface area (Å²) in [5, 5.41) is 0. The van der Waals surface area contributed by atoms with Crippen LogP contribution in [0.25, 0.3) is 0 Å². The zero-order valence-electron chi connectivity index (χ0n) is 11.9. The van der Waals surface area contributed by atoms with Gasteiger partial charge in [0.1, 0.15) is 0 Å². The minimum Gasteiger partial charge on any atom is -0.377 e. The molecule has 5 heteroatoms. The SMILES string of the molecule is CCC(N)Cc1cnc(N2CCCOC(C)C2)nc1. The highest BCUT2D eigenvalue weighted by Crippen LogP contribution is 2.13. The molecule has 0 bridgehead atoms. The minimum absolute atomic E-state index is 0.195. The quantitative estimate of drug-likeness (QED) is 0.890. The first-order valence-electron chi connectivity index (χ1n) is 7.12. The van der Waals surface area contributed by atoms with Crippen molar-refractivity contribution >= 4 is 5.95 Å². The standard InChI is InChI=1S/C14H24N4O/c1-3-13(15)7-12-8-16-14(17-9-12)18-5-4-6-19-11(2)10-18/h8-9,11,13H,3-7,10,15H2,1-2H3. The fourth-order valence-corrected chi connectivity index (χ4v) is 2.24. The predicted molar refractivity (Wildman–Crippen MR) is 76.2 cm³/mol. The summed E-state index contributed by atoms with van der Waals surface area (Å²) >= 11 is 0. The van der Waals surface area contributed by atoms with Crippen LogP contribution >= 0.6 is 0 Å². The Kier molecular flexibility index (Phi) is 5.10. The highest BCUT2D eigenvalue weighted by atomic mass is 16.5. The van der Waals surface area contributed by atoms with Crippen LogP contribution in [0.1, 0.15) is 32.3 Å². The third-order valence-electron chi connectivity index (χ3n) is 3.45. The highest BCUT2D eigenvalue weighted by Gasteiger charge is 2.17. The van der Waals surface area contributed by atoms with Crippen molar-refractivity contribution in [2.45, 2.75) is 45.3 Å². The summed E-state index contributed by atoms with van der Waals surface area (Å²) in [5.41, 5.74) is 7.05. The first kappa shape index (κ1) is 14.2. The summed E-state index contributed by atoms with van der Waals surface area (Å²) in [4.78, 5) is 11.1. The molecule has 2 unspecified atom stereocenters. The third-order valence-corrected chi connectivity index (χ3v) is 3.45. The molecule has 106 valence electrons. The van der Waals surface area contributed by atoms with Crippen molar-refractivity contribution in [2.75, 3.05) is 24.6 Å².